The minimum absolute atomic E-state index is 0.711. The van der Waals surface area contributed by atoms with Crippen LogP contribution in [0, 0.1) is 0 Å². The van der Waals surface area contributed by atoms with E-state index in [2.05, 4.69) is 55.8 Å². The SMILES string of the molecule is CCOCCNC(=NC)NCCCN1CCN(c2ccccc2)CC1. The highest BCUT2D eigenvalue weighted by atomic mass is 16.5. The van der Waals surface area contributed by atoms with Crippen molar-refractivity contribution in [3.05, 3.63) is 30.3 Å². The fourth-order valence-electron chi connectivity index (χ4n) is 2.98. The van der Waals surface area contributed by atoms with Gasteiger partial charge in [-0.15, -0.1) is 0 Å². The smallest absolute Gasteiger partial charge is 0.191 e. The summed E-state index contributed by atoms with van der Waals surface area (Å²) in [7, 11) is 1.80. The van der Waals surface area contributed by atoms with Crippen LogP contribution in [0.3, 0.4) is 0 Å². The first-order valence-corrected chi connectivity index (χ1v) is 9.38. The summed E-state index contributed by atoms with van der Waals surface area (Å²) in [6.07, 6.45) is 1.12. The van der Waals surface area contributed by atoms with Gasteiger partial charge in [0.25, 0.3) is 0 Å². The topological polar surface area (TPSA) is 52.1 Å². The van der Waals surface area contributed by atoms with Crippen LogP contribution in [0.2, 0.25) is 0 Å². The van der Waals surface area contributed by atoms with Gasteiger partial charge in [0.1, 0.15) is 0 Å². The number of piperazine rings is 1. The number of aliphatic imine (C=N–C) groups is 1. The first-order valence-electron chi connectivity index (χ1n) is 9.38. The minimum Gasteiger partial charge on any atom is -0.380 e. The molecule has 0 bridgehead atoms. The van der Waals surface area contributed by atoms with E-state index in [1.54, 1.807) is 7.05 Å². The second-order valence-corrected chi connectivity index (χ2v) is 6.14. The Bertz CT molecular complexity index is 486. The molecule has 6 nitrogen and oxygen atoms in total. The van der Waals surface area contributed by atoms with E-state index in [0.29, 0.717) is 6.61 Å². The molecule has 0 amide bonds. The number of rotatable bonds is 9. The van der Waals surface area contributed by atoms with Gasteiger partial charge in [0.2, 0.25) is 0 Å². The van der Waals surface area contributed by atoms with Crippen LogP contribution in [0.1, 0.15) is 13.3 Å². The summed E-state index contributed by atoms with van der Waals surface area (Å²) in [5.41, 5.74) is 1.34. The van der Waals surface area contributed by atoms with E-state index in [1.807, 2.05) is 6.92 Å². The van der Waals surface area contributed by atoms with E-state index in [1.165, 1.54) is 5.69 Å². The minimum atomic E-state index is 0.711. The van der Waals surface area contributed by atoms with Gasteiger partial charge in [-0.3, -0.25) is 9.89 Å². The molecule has 1 saturated heterocycles. The average Bonchev–Trinajstić information content (AvgIpc) is 2.68. The van der Waals surface area contributed by atoms with Crippen molar-refractivity contribution in [3.8, 4) is 0 Å². The van der Waals surface area contributed by atoms with Gasteiger partial charge in [-0.2, -0.15) is 0 Å². The molecule has 1 aromatic carbocycles. The average molecular weight is 348 g/mol. The number of anilines is 1. The standard InChI is InChI=1S/C19H33N5O/c1-3-25-17-11-22-19(20-2)21-10-7-12-23-13-15-24(16-14-23)18-8-5-4-6-9-18/h4-6,8-9H,3,7,10-17H2,1-2H3,(H2,20,21,22). The van der Waals surface area contributed by atoms with Crippen molar-refractivity contribution < 1.29 is 4.74 Å². The van der Waals surface area contributed by atoms with Crippen LogP contribution < -0.4 is 15.5 Å². The second-order valence-electron chi connectivity index (χ2n) is 6.14. The van der Waals surface area contributed by atoms with E-state index < -0.39 is 0 Å². The highest BCUT2D eigenvalue weighted by Crippen LogP contribution is 2.15. The van der Waals surface area contributed by atoms with E-state index in [0.717, 1.165) is 64.8 Å². The van der Waals surface area contributed by atoms with E-state index in [4.69, 9.17) is 4.74 Å². The maximum absolute atomic E-state index is 5.32. The van der Waals surface area contributed by atoms with E-state index >= 15 is 0 Å². The predicted molar refractivity (Wildman–Crippen MR) is 106 cm³/mol. The lowest BCUT2D eigenvalue weighted by Gasteiger charge is -2.36. The Labute approximate surface area is 152 Å². The van der Waals surface area contributed by atoms with Crippen LogP contribution in [0.5, 0.6) is 0 Å². The summed E-state index contributed by atoms with van der Waals surface area (Å²) < 4.78 is 5.32. The molecule has 0 saturated carbocycles. The van der Waals surface area contributed by atoms with Gasteiger partial charge in [0, 0.05) is 58.6 Å². The van der Waals surface area contributed by atoms with Crippen molar-refractivity contribution in [1.29, 1.82) is 0 Å². The molecule has 6 heteroatoms. The molecular formula is C19H33N5O. The molecule has 0 aliphatic carbocycles. The highest BCUT2D eigenvalue weighted by molar-refractivity contribution is 5.79. The van der Waals surface area contributed by atoms with Crippen molar-refractivity contribution in [2.45, 2.75) is 13.3 Å². The normalized spacial score (nSPS) is 16.1. The van der Waals surface area contributed by atoms with Gasteiger partial charge < -0.3 is 20.3 Å². The third-order valence-corrected chi connectivity index (χ3v) is 4.40. The number of guanidine groups is 1. The zero-order chi connectivity index (χ0) is 17.7. The summed E-state index contributed by atoms with van der Waals surface area (Å²) in [6, 6.07) is 10.7. The maximum atomic E-state index is 5.32. The lowest BCUT2D eigenvalue weighted by atomic mass is 10.2. The van der Waals surface area contributed by atoms with E-state index in [-0.39, 0.29) is 0 Å². The zero-order valence-electron chi connectivity index (χ0n) is 15.7. The predicted octanol–water partition coefficient (Wildman–Crippen LogP) is 1.40. The molecule has 1 aliphatic heterocycles. The third-order valence-electron chi connectivity index (χ3n) is 4.40. The summed E-state index contributed by atoms with van der Waals surface area (Å²) in [6.45, 7) is 10.8. The monoisotopic (exact) mass is 347 g/mol. The first-order chi connectivity index (χ1) is 12.3. The Morgan fingerprint density at radius 2 is 1.80 bits per heavy atom. The molecule has 0 aromatic heterocycles. The Kier molecular flexibility index (Phi) is 9.15. The molecule has 0 unspecified atom stereocenters. The van der Waals surface area contributed by atoms with Crippen molar-refractivity contribution in [1.82, 2.24) is 15.5 Å². The van der Waals surface area contributed by atoms with E-state index in [9.17, 15) is 0 Å². The fraction of sp³-hybridized carbons (Fsp3) is 0.632. The molecule has 0 atom stereocenters. The molecule has 0 spiro atoms. The molecule has 1 fully saturated rings. The van der Waals surface area contributed by atoms with Crippen molar-refractivity contribution in [2.24, 2.45) is 4.99 Å². The van der Waals surface area contributed by atoms with Gasteiger partial charge in [0.15, 0.2) is 5.96 Å². The van der Waals surface area contributed by atoms with Gasteiger partial charge in [0.05, 0.1) is 6.61 Å². The molecule has 140 valence electrons. The molecule has 0 radical (unpaired) electrons. The van der Waals surface area contributed by atoms with Crippen LogP contribution in [0.15, 0.2) is 35.3 Å². The summed E-state index contributed by atoms with van der Waals surface area (Å²) in [5, 5.41) is 6.63. The quantitative estimate of drug-likeness (QED) is 0.402. The van der Waals surface area contributed by atoms with Crippen LogP contribution in [0.4, 0.5) is 5.69 Å². The summed E-state index contributed by atoms with van der Waals surface area (Å²) in [4.78, 5) is 9.25. The first kappa shape index (κ1) is 19.5. The third kappa shape index (κ3) is 7.32. The highest BCUT2D eigenvalue weighted by Gasteiger charge is 2.16. The van der Waals surface area contributed by atoms with Gasteiger partial charge in [-0.1, -0.05) is 18.2 Å². The number of benzene rings is 1. The number of nitrogens with zero attached hydrogens (tertiary/aromatic N) is 3. The lowest BCUT2D eigenvalue weighted by molar-refractivity contribution is 0.152. The molecule has 25 heavy (non-hydrogen) atoms. The van der Waals surface area contributed by atoms with Crippen molar-refractivity contribution in [2.75, 3.05) is 71.0 Å². The van der Waals surface area contributed by atoms with Gasteiger partial charge in [-0.05, 0) is 32.0 Å². The molecular weight excluding hydrogens is 314 g/mol. The Balaban J connectivity index is 1.55. The zero-order valence-corrected chi connectivity index (χ0v) is 15.7. The van der Waals surface area contributed by atoms with Crippen molar-refractivity contribution >= 4 is 11.6 Å². The molecule has 1 aromatic rings. The Hall–Kier alpha value is -1.79. The molecule has 2 N–H and O–H groups in total. The molecule has 2 rings (SSSR count). The molecule has 1 aliphatic rings. The number of para-hydroxylation sites is 1. The van der Waals surface area contributed by atoms with Crippen molar-refractivity contribution in [3.63, 3.8) is 0 Å². The van der Waals surface area contributed by atoms with Gasteiger partial charge in [-0.25, -0.2) is 0 Å². The summed E-state index contributed by atoms with van der Waals surface area (Å²) >= 11 is 0. The lowest BCUT2D eigenvalue weighted by Crippen LogP contribution is -2.47. The number of ether oxygens (including phenoxy) is 1. The van der Waals surface area contributed by atoms with Crippen LogP contribution >= 0.6 is 0 Å². The number of hydrogen-bond donors (Lipinski definition) is 2. The van der Waals surface area contributed by atoms with Crippen LogP contribution in [-0.2, 0) is 4.74 Å². The summed E-state index contributed by atoms with van der Waals surface area (Å²) in [5.74, 6) is 0.855. The largest absolute Gasteiger partial charge is 0.380 e. The van der Waals surface area contributed by atoms with Gasteiger partial charge >= 0.3 is 0 Å². The van der Waals surface area contributed by atoms with Crippen LogP contribution in [0.25, 0.3) is 0 Å². The maximum Gasteiger partial charge on any atom is 0.191 e. The Morgan fingerprint density at radius 3 is 2.48 bits per heavy atom. The Morgan fingerprint density at radius 1 is 1.08 bits per heavy atom. The second kappa shape index (κ2) is 11.7. The fourth-order valence-corrected chi connectivity index (χ4v) is 2.98. The molecule has 1 heterocycles. The van der Waals surface area contributed by atoms with Crippen LogP contribution in [-0.4, -0.2) is 76.9 Å². The number of hydrogen-bond acceptors (Lipinski definition) is 4. The number of nitrogens with one attached hydrogen (secondary N) is 2.